The molecular formula is C12H20N2S. The molecule has 2 rings (SSSR count). The molecule has 84 valence electrons. The largest absolute Gasteiger partial charge is 0.299 e. The maximum atomic E-state index is 9.20. The van der Waals surface area contributed by atoms with Crippen LogP contribution in [0, 0.1) is 17.2 Å². The summed E-state index contributed by atoms with van der Waals surface area (Å²) in [6.45, 7) is 0. The van der Waals surface area contributed by atoms with Crippen molar-refractivity contribution in [1.29, 1.82) is 5.26 Å². The Balaban J connectivity index is 1.81. The molecule has 0 bridgehead atoms. The third-order valence-corrected chi connectivity index (χ3v) is 4.78. The van der Waals surface area contributed by atoms with Gasteiger partial charge >= 0.3 is 0 Å². The van der Waals surface area contributed by atoms with Crippen LogP contribution < -0.4 is 5.32 Å². The van der Waals surface area contributed by atoms with E-state index in [4.69, 9.17) is 0 Å². The summed E-state index contributed by atoms with van der Waals surface area (Å²) in [4.78, 5) is 0. The maximum absolute atomic E-state index is 9.20. The first kappa shape index (κ1) is 11.3. The molecule has 0 radical (unpaired) electrons. The minimum atomic E-state index is 0.114. The van der Waals surface area contributed by atoms with E-state index in [-0.39, 0.29) is 6.04 Å². The molecule has 0 aromatic rings. The minimum absolute atomic E-state index is 0.114. The first-order chi connectivity index (χ1) is 7.40. The lowest BCUT2D eigenvalue weighted by Crippen LogP contribution is -2.43. The van der Waals surface area contributed by atoms with E-state index in [1.807, 2.05) is 11.8 Å². The summed E-state index contributed by atoms with van der Waals surface area (Å²) in [6.07, 6.45) is 7.85. The Bertz CT molecular complexity index is 224. The van der Waals surface area contributed by atoms with E-state index in [1.165, 1.54) is 50.0 Å². The SMILES string of the molecule is N#CC(NC1CCCCC1)C1CCSC1. The zero-order valence-corrected chi connectivity index (χ0v) is 10.1. The third-order valence-electron chi connectivity index (χ3n) is 3.60. The van der Waals surface area contributed by atoms with Crippen LogP contribution in [0.15, 0.2) is 0 Å². The topological polar surface area (TPSA) is 35.8 Å². The maximum Gasteiger partial charge on any atom is 0.0991 e. The molecule has 1 aliphatic carbocycles. The number of hydrogen-bond acceptors (Lipinski definition) is 3. The van der Waals surface area contributed by atoms with Gasteiger partial charge in [-0.15, -0.1) is 0 Å². The van der Waals surface area contributed by atoms with Gasteiger partial charge in [0.1, 0.15) is 0 Å². The van der Waals surface area contributed by atoms with E-state index in [9.17, 15) is 5.26 Å². The van der Waals surface area contributed by atoms with Gasteiger partial charge in [0.15, 0.2) is 0 Å². The van der Waals surface area contributed by atoms with Gasteiger partial charge in [-0.25, -0.2) is 0 Å². The highest BCUT2D eigenvalue weighted by Crippen LogP contribution is 2.27. The van der Waals surface area contributed by atoms with Gasteiger partial charge in [-0.3, -0.25) is 5.32 Å². The molecule has 1 heterocycles. The summed E-state index contributed by atoms with van der Waals surface area (Å²) >= 11 is 2.00. The van der Waals surface area contributed by atoms with E-state index in [0.29, 0.717) is 12.0 Å². The number of nitriles is 1. The van der Waals surface area contributed by atoms with Crippen LogP contribution in [-0.2, 0) is 0 Å². The fraction of sp³-hybridized carbons (Fsp3) is 0.917. The van der Waals surface area contributed by atoms with Crippen molar-refractivity contribution < 1.29 is 0 Å². The molecule has 3 heteroatoms. The van der Waals surface area contributed by atoms with Crippen molar-refractivity contribution >= 4 is 11.8 Å². The Morgan fingerprint density at radius 1 is 1.20 bits per heavy atom. The average molecular weight is 224 g/mol. The molecule has 2 nitrogen and oxygen atoms in total. The highest BCUT2D eigenvalue weighted by Gasteiger charge is 2.27. The van der Waals surface area contributed by atoms with Crippen molar-refractivity contribution in [3.63, 3.8) is 0 Å². The first-order valence-corrected chi connectivity index (χ1v) is 7.29. The molecule has 15 heavy (non-hydrogen) atoms. The fourth-order valence-electron chi connectivity index (χ4n) is 2.62. The van der Waals surface area contributed by atoms with Crippen molar-refractivity contribution in [3.8, 4) is 6.07 Å². The Kier molecular flexibility index (Phi) is 4.34. The molecular weight excluding hydrogens is 204 g/mol. The quantitative estimate of drug-likeness (QED) is 0.800. The Morgan fingerprint density at radius 2 is 2.00 bits per heavy atom. The molecule has 0 aromatic carbocycles. The van der Waals surface area contributed by atoms with Crippen LogP contribution in [0.1, 0.15) is 38.5 Å². The van der Waals surface area contributed by atoms with Crippen molar-refractivity contribution in [2.45, 2.75) is 50.6 Å². The molecule has 1 saturated carbocycles. The van der Waals surface area contributed by atoms with Crippen LogP contribution in [0.2, 0.25) is 0 Å². The zero-order valence-electron chi connectivity index (χ0n) is 9.24. The summed E-state index contributed by atoms with van der Waals surface area (Å²) in [7, 11) is 0. The van der Waals surface area contributed by atoms with Gasteiger partial charge in [-0.2, -0.15) is 17.0 Å². The summed E-state index contributed by atoms with van der Waals surface area (Å²) in [6, 6.07) is 3.20. The van der Waals surface area contributed by atoms with Crippen LogP contribution in [0.3, 0.4) is 0 Å². The number of nitrogens with zero attached hydrogens (tertiary/aromatic N) is 1. The average Bonchev–Trinajstić information content (AvgIpc) is 2.81. The van der Waals surface area contributed by atoms with Crippen molar-refractivity contribution in [3.05, 3.63) is 0 Å². The summed E-state index contributed by atoms with van der Waals surface area (Å²) < 4.78 is 0. The predicted octanol–water partition coefficient (Wildman–Crippen LogP) is 2.55. The second kappa shape index (κ2) is 5.77. The predicted molar refractivity (Wildman–Crippen MR) is 64.8 cm³/mol. The smallest absolute Gasteiger partial charge is 0.0991 e. The first-order valence-electron chi connectivity index (χ1n) is 6.13. The highest BCUT2D eigenvalue weighted by molar-refractivity contribution is 7.99. The molecule has 0 spiro atoms. The van der Waals surface area contributed by atoms with Crippen LogP contribution in [0.4, 0.5) is 0 Å². The molecule has 2 aliphatic rings. The van der Waals surface area contributed by atoms with Gasteiger partial charge in [0.05, 0.1) is 12.1 Å². The molecule has 0 aromatic heterocycles. The second-order valence-corrected chi connectivity index (χ2v) is 5.88. The normalized spacial score (nSPS) is 29.9. The van der Waals surface area contributed by atoms with Crippen LogP contribution >= 0.6 is 11.8 Å². The van der Waals surface area contributed by atoms with Crippen LogP contribution in [0.25, 0.3) is 0 Å². The third kappa shape index (κ3) is 3.12. The van der Waals surface area contributed by atoms with Gasteiger partial charge in [-0.1, -0.05) is 19.3 Å². The van der Waals surface area contributed by atoms with E-state index in [1.54, 1.807) is 0 Å². The van der Waals surface area contributed by atoms with Crippen LogP contribution in [-0.4, -0.2) is 23.6 Å². The lowest BCUT2D eigenvalue weighted by molar-refractivity contribution is 0.324. The summed E-state index contributed by atoms with van der Waals surface area (Å²) in [5.41, 5.74) is 0. The summed E-state index contributed by atoms with van der Waals surface area (Å²) in [5.74, 6) is 3.02. The molecule has 2 unspecified atom stereocenters. The van der Waals surface area contributed by atoms with Crippen LogP contribution in [0.5, 0.6) is 0 Å². The molecule has 2 atom stereocenters. The Morgan fingerprint density at radius 3 is 2.60 bits per heavy atom. The number of hydrogen-bond donors (Lipinski definition) is 1. The lowest BCUT2D eigenvalue weighted by Gasteiger charge is -2.27. The van der Waals surface area contributed by atoms with E-state index in [2.05, 4.69) is 11.4 Å². The molecule has 2 fully saturated rings. The summed E-state index contributed by atoms with van der Waals surface area (Å²) in [5, 5.41) is 12.8. The molecule has 1 aliphatic heterocycles. The number of nitrogens with one attached hydrogen (secondary N) is 1. The van der Waals surface area contributed by atoms with E-state index < -0.39 is 0 Å². The van der Waals surface area contributed by atoms with Crippen molar-refractivity contribution in [2.75, 3.05) is 11.5 Å². The van der Waals surface area contributed by atoms with Gasteiger partial charge < -0.3 is 0 Å². The van der Waals surface area contributed by atoms with E-state index >= 15 is 0 Å². The fourth-order valence-corrected chi connectivity index (χ4v) is 3.92. The second-order valence-electron chi connectivity index (χ2n) is 4.73. The number of rotatable bonds is 3. The lowest BCUT2D eigenvalue weighted by atomic mass is 9.92. The monoisotopic (exact) mass is 224 g/mol. The molecule has 1 saturated heterocycles. The van der Waals surface area contributed by atoms with Gasteiger partial charge in [0, 0.05) is 6.04 Å². The highest BCUT2D eigenvalue weighted by atomic mass is 32.2. The Labute approximate surface area is 96.8 Å². The Hall–Kier alpha value is -0.200. The molecule has 0 amide bonds. The van der Waals surface area contributed by atoms with Crippen molar-refractivity contribution in [2.24, 2.45) is 5.92 Å². The zero-order chi connectivity index (χ0) is 10.5. The standard InChI is InChI=1S/C12H20N2S/c13-8-12(10-6-7-15-9-10)14-11-4-2-1-3-5-11/h10-12,14H,1-7,9H2. The van der Waals surface area contributed by atoms with Crippen molar-refractivity contribution in [1.82, 2.24) is 5.32 Å². The van der Waals surface area contributed by atoms with Gasteiger partial charge in [0.25, 0.3) is 0 Å². The number of thioether (sulfide) groups is 1. The van der Waals surface area contributed by atoms with E-state index in [0.717, 1.165) is 0 Å². The molecule has 1 N–H and O–H groups in total. The van der Waals surface area contributed by atoms with Gasteiger partial charge in [0.2, 0.25) is 0 Å². The minimum Gasteiger partial charge on any atom is -0.299 e. The van der Waals surface area contributed by atoms with Gasteiger partial charge in [-0.05, 0) is 36.7 Å².